The number of nitrogens with zero attached hydrogens (tertiary/aromatic N) is 1. The highest BCUT2D eigenvalue weighted by Crippen LogP contribution is 2.41. The van der Waals surface area contributed by atoms with Crippen molar-refractivity contribution in [1.82, 2.24) is 4.90 Å². The number of carbonyl (C=O) groups is 2. The number of ketones is 1. The molecule has 1 atom stereocenters. The van der Waals surface area contributed by atoms with Gasteiger partial charge < -0.3 is 24.6 Å². The Labute approximate surface area is 222 Å². The number of aliphatic hydroxyl groups is 1. The van der Waals surface area contributed by atoms with Crippen molar-refractivity contribution in [1.29, 1.82) is 0 Å². The third kappa shape index (κ3) is 5.99. The lowest BCUT2D eigenvalue weighted by Gasteiger charge is -2.25. The summed E-state index contributed by atoms with van der Waals surface area (Å²) in [5.41, 5.74) is 1.80. The minimum absolute atomic E-state index is 0.00453. The van der Waals surface area contributed by atoms with Crippen molar-refractivity contribution in [3.63, 3.8) is 0 Å². The summed E-state index contributed by atoms with van der Waals surface area (Å²) >= 11 is 0. The van der Waals surface area contributed by atoms with E-state index in [4.69, 9.17) is 9.47 Å². The van der Waals surface area contributed by atoms with Crippen molar-refractivity contribution in [3.8, 4) is 17.2 Å². The number of hydrogen-bond acceptors (Lipinski definition) is 6. The molecular formula is C31H33NO6. The average molecular weight is 516 g/mol. The van der Waals surface area contributed by atoms with E-state index < -0.39 is 17.7 Å². The molecule has 1 amide bonds. The highest BCUT2D eigenvalue weighted by molar-refractivity contribution is 6.46. The normalized spacial score (nSPS) is 16.9. The molecule has 0 aliphatic carbocycles. The van der Waals surface area contributed by atoms with Crippen LogP contribution < -0.4 is 9.47 Å². The van der Waals surface area contributed by atoms with Gasteiger partial charge >= 0.3 is 0 Å². The minimum atomic E-state index is -0.834. The van der Waals surface area contributed by atoms with E-state index in [1.165, 1.54) is 17.0 Å². The van der Waals surface area contributed by atoms with Gasteiger partial charge in [-0.1, -0.05) is 38.1 Å². The number of Topliss-reactive ketones (excluding diaryl/α,β-unsaturated/α-hetero) is 1. The second-order valence-corrected chi connectivity index (χ2v) is 10.1. The van der Waals surface area contributed by atoms with Gasteiger partial charge in [0, 0.05) is 12.1 Å². The molecule has 1 fully saturated rings. The molecule has 3 aromatic carbocycles. The lowest BCUT2D eigenvalue weighted by atomic mass is 9.95. The van der Waals surface area contributed by atoms with Gasteiger partial charge in [0.05, 0.1) is 24.3 Å². The second kappa shape index (κ2) is 11.4. The summed E-state index contributed by atoms with van der Waals surface area (Å²) in [5, 5.41) is 21.1. The van der Waals surface area contributed by atoms with E-state index in [9.17, 15) is 19.8 Å². The fraction of sp³-hybridized carbons (Fsp3) is 0.290. The third-order valence-corrected chi connectivity index (χ3v) is 6.11. The van der Waals surface area contributed by atoms with E-state index in [0.29, 0.717) is 29.4 Å². The zero-order chi connectivity index (χ0) is 27.4. The van der Waals surface area contributed by atoms with E-state index >= 15 is 0 Å². The maximum atomic E-state index is 13.3. The molecule has 1 saturated heterocycles. The summed E-state index contributed by atoms with van der Waals surface area (Å²) < 4.78 is 11.4. The van der Waals surface area contributed by atoms with Gasteiger partial charge in [0.15, 0.2) is 0 Å². The molecule has 1 unspecified atom stereocenters. The number of aliphatic hydroxyl groups excluding tert-OH is 1. The first-order chi connectivity index (χ1) is 18.1. The Bertz CT molecular complexity index is 1310. The first-order valence-corrected chi connectivity index (χ1v) is 12.7. The number of carbonyl (C=O) groups excluding carboxylic acids is 2. The molecule has 0 spiro atoms. The zero-order valence-electron chi connectivity index (χ0n) is 22.0. The predicted octanol–water partition coefficient (Wildman–Crippen LogP) is 5.84. The molecular weight excluding hydrogens is 482 g/mol. The molecule has 0 aromatic heterocycles. The van der Waals surface area contributed by atoms with Crippen LogP contribution in [0.15, 0.2) is 78.4 Å². The molecule has 0 bridgehead atoms. The topological polar surface area (TPSA) is 96.3 Å². The van der Waals surface area contributed by atoms with Crippen molar-refractivity contribution >= 4 is 17.4 Å². The monoisotopic (exact) mass is 515 g/mol. The number of likely N-dealkylation sites (tertiary alicyclic amines) is 1. The molecule has 7 nitrogen and oxygen atoms in total. The standard InChI is InChI=1S/C31H33NO6/c1-19(2)18-37-25-13-5-21(6-14-25)17-32-28(22-7-11-24(33)12-8-22)27(30(35)31(32)36)29(34)23-9-15-26(16-10-23)38-20(3)4/h5-16,19-20,28,33-34H,17-18H2,1-4H3/b29-27-. The van der Waals surface area contributed by atoms with E-state index in [1.54, 1.807) is 36.4 Å². The van der Waals surface area contributed by atoms with Crippen LogP contribution in [0.4, 0.5) is 0 Å². The molecule has 3 aromatic rings. The van der Waals surface area contributed by atoms with E-state index in [2.05, 4.69) is 13.8 Å². The van der Waals surface area contributed by atoms with Crippen LogP contribution in [0.2, 0.25) is 0 Å². The number of aromatic hydroxyl groups is 1. The van der Waals surface area contributed by atoms with Crippen molar-refractivity contribution in [2.24, 2.45) is 5.92 Å². The Morgan fingerprint density at radius 1 is 0.868 bits per heavy atom. The predicted molar refractivity (Wildman–Crippen MR) is 145 cm³/mol. The largest absolute Gasteiger partial charge is 0.508 e. The van der Waals surface area contributed by atoms with Gasteiger partial charge in [-0.3, -0.25) is 9.59 Å². The lowest BCUT2D eigenvalue weighted by Crippen LogP contribution is -2.29. The van der Waals surface area contributed by atoms with Crippen molar-refractivity contribution in [2.45, 2.75) is 46.4 Å². The van der Waals surface area contributed by atoms with Gasteiger partial charge in [0.25, 0.3) is 11.7 Å². The van der Waals surface area contributed by atoms with E-state index in [0.717, 1.165) is 11.3 Å². The highest BCUT2D eigenvalue weighted by Gasteiger charge is 2.46. The highest BCUT2D eigenvalue weighted by atomic mass is 16.5. The Kier molecular flexibility index (Phi) is 8.05. The summed E-state index contributed by atoms with van der Waals surface area (Å²) in [6, 6.07) is 19.6. The maximum Gasteiger partial charge on any atom is 0.295 e. The van der Waals surface area contributed by atoms with Crippen LogP contribution in [0.3, 0.4) is 0 Å². The second-order valence-electron chi connectivity index (χ2n) is 10.1. The molecule has 0 radical (unpaired) electrons. The van der Waals surface area contributed by atoms with Crippen LogP contribution in [0.5, 0.6) is 17.2 Å². The van der Waals surface area contributed by atoms with E-state index in [1.807, 2.05) is 38.1 Å². The summed E-state index contributed by atoms with van der Waals surface area (Å²) in [7, 11) is 0. The van der Waals surface area contributed by atoms with E-state index in [-0.39, 0.29) is 29.7 Å². The van der Waals surface area contributed by atoms with Crippen LogP contribution in [0.25, 0.3) is 5.76 Å². The lowest BCUT2D eigenvalue weighted by molar-refractivity contribution is -0.140. The summed E-state index contributed by atoms with van der Waals surface area (Å²) in [4.78, 5) is 28.0. The molecule has 1 aliphatic heterocycles. The number of phenols is 1. The molecule has 1 aliphatic rings. The molecule has 0 saturated carbocycles. The first-order valence-electron chi connectivity index (χ1n) is 12.7. The van der Waals surface area contributed by atoms with Crippen LogP contribution in [-0.4, -0.2) is 39.5 Å². The average Bonchev–Trinajstić information content (AvgIpc) is 3.13. The number of phenolic OH excluding ortho intramolecular Hbond substituents is 1. The third-order valence-electron chi connectivity index (χ3n) is 6.11. The van der Waals surface area contributed by atoms with Crippen molar-refractivity contribution < 1.29 is 29.3 Å². The van der Waals surface area contributed by atoms with Gasteiger partial charge in [-0.2, -0.15) is 0 Å². The molecule has 1 heterocycles. The van der Waals surface area contributed by atoms with Gasteiger partial charge in [-0.05, 0) is 79.4 Å². The number of amides is 1. The van der Waals surface area contributed by atoms with Gasteiger partial charge in [0.2, 0.25) is 0 Å². The Balaban J connectivity index is 1.70. The quantitative estimate of drug-likeness (QED) is 0.211. The Morgan fingerprint density at radius 3 is 2.05 bits per heavy atom. The number of rotatable bonds is 9. The number of ether oxygens (including phenoxy) is 2. The van der Waals surface area contributed by atoms with Crippen LogP contribution >= 0.6 is 0 Å². The fourth-order valence-electron chi connectivity index (χ4n) is 4.32. The number of benzene rings is 3. The zero-order valence-corrected chi connectivity index (χ0v) is 22.0. The van der Waals surface area contributed by atoms with Crippen LogP contribution in [0, 0.1) is 5.92 Å². The number of hydrogen-bond donors (Lipinski definition) is 2. The molecule has 198 valence electrons. The molecule has 7 heteroatoms. The maximum absolute atomic E-state index is 13.3. The molecule has 2 N–H and O–H groups in total. The summed E-state index contributed by atoms with van der Waals surface area (Å²) in [6.45, 7) is 8.72. The summed E-state index contributed by atoms with van der Waals surface area (Å²) in [5.74, 6) is 0.0774. The van der Waals surface area contributed by atoms with Gasteiger partial charge in [-0.15, -0.1) is 0 Å². The Morgan fingerprint density at radius 2 is 1.47 bits per heavy atom. The minimum Gasteiger partial charge on any atom is -0.508 e. The molecule has 38 heavy (non-hydrogen) atoms. The van der Waals surface area contributed by atoms with Crippen molar-refractivity contribution in [2.75, 3.05) is 6.61 Å². The fourth-order valence-corrected chi connectivity index (χ4v) is 4.32. The molecule has 4 rings (SSSR count). The van der Waals surface area contributed by atoms with Gasteiger partial charge in [0.1, 0.15) is 23.0 Å². The van der Waals surface area contributed by atoms with Gasteiger partial charge in [-0.25, -0.2) is 0 Å². The van der Waals surface area contributed by atoms with Crippen LogP contribution in [-0.2, 0) is 16.1 Å². The smallest absolute Gasteiger partial charge is 0.295 e. The SMILES string of the molecule is CC(C)COc1ccc(CN2C(=O)C(=O)/C(=C(\O)c3ccc(OC(C)C)cc3)C2c2ccc(O)cc2)cc1. The van der Waals surface area contributed by atoms with Crippen LogP contribution in [0.1, 0.15) is 50.4 Å². The Hall–Kier alpha value is -4.26. The first kappa shape index (κ1) is 26.8. The van der Waals surface area contributed by atoms with Crippen molar-refractivity contribution in [3.05, 3.63) is 95.1 Å². The summed E-state index contributed by atoms with van der Waals surface area (Å²) in [6.07, 6.45) is -0.00916.